The average molecular weight is 241 g/mol. The summed E-state index contributed by atoms with van der Waals surface area (Å²) in [4.78, 5) is 16.4. The van der Waals surface area contributed by atoms with E-state index in [1.807, 2.05) is 25.9 Å². The topological polar surface area (TPSA) is 49.6 Å². The molecule has 1 amide bonds. The molecular formula is C13H27N3O. The fourth-order valence-electron chi connectivity index (χ4n) is 2.38. The van der Waals surface area contributed by atoms with Gasteiger partial charge in [-0.25, -0.2) is 0 Å². The first-order valence-electron chi connectivity index (χ1n) is 6.77. The normalized spacial score (nSPS) is 18.6. The average Bonchev–Trinajstić information content (AvgIpc) is 2.81. The van der Waals surface area contributed by atoms with Crippen LogP contribution in [0.3, 0.4) is 0 Å². The van der Waals surface area contributed by atoms with Crippen molar-refractivity contribution in [1.82, 2.24) is 9.80 Å². The Kier molecular flexibility index (Phi) is 5.92. The Morgan fingerprint density at radius 3 is 2.35 bits per heavy atom. The van der Waals surface area contributed by atoms with Crippen LogP contribution in [-0.4, -0.2) is 55.0 Å². The summed E-state index contributed by atoms with van der Waals surface area (Å²) >= 11 is 0. The maximum Gasteiger partial charge on any atom is 0.239 e. The maximum absolute atomic E-state index is 12.3. The zero-order valence-corrected chi connectivity index (χ0v) is 11.5. The van der Waals surface area contributed by atoms with Crippen LogP contribution in [0, 0.1) is 0 Å². The highest BCUT2D eigenvalue weighted by Crippen LogP contribution is 2.24. The second-order valence-electron chi connectivity index (χ2n) is 5.29. The van der Waals surface area contributed by atoms with Crippen molar-refractivity contribution in [2.45, 2.75) is 51.1 Å². The summed E-state index contributed by atoms with van der Waals surface area (Å²) in [6.07, 6.45) is 5.52. The Hall–Kier alpha value is -0.610. The lowest BCUT2D eigenvalue weighted by Crippen LogP contribution is -2.49. The van der Waals surface area contributed by atoms with Gasteiger partial charge in [-0.2, -0.15) is 0 Å². The van der Waals surface area contributed by atoms with Gasteiger partial charge in [-0.3, -0.25) is 4.79 Å². The minimum absolute atomic E-state index is 0.140. The van der Waals surface area contributed by atoms with Gasteiger partial charge in [0.2, 0.25) is 5.91 Å². The molecule has 1 rings (SSSR count). The molecule has 0 aromatic carbocycles. The van der Waals surface area contributed by atoms with Gasteiger partial charge in [-0.1, -0.05) is 19.8 Å². The lowest BCUT2D eigenvalue weighted by Gasteiger charge is -2.32. The highest BCUT2D eigenvalue weighted by molar-refractivity contribution is 5.81. The van der Waals surface area contributed by atoms with E-state index in [1.165, 1.54) is 12.8 Å². The van der Waals surface area contributed by atoms with Crippen LogP contribution >= 0.6 is 0 Å². The molecule has 1 atom stereocenters. The predicted octanol–water partition coefficient (Wildman–Crippen LogP) is 1.06. The van der Waals surface area contributed by atoms with E-state index in [-0.39, 0.29) is 11.9 Å². The third kappa shape index (κ3) is 4.28. The van der Waals surface area contributed by atoms with Gasteiger partial charge in [-0.05, 0) is 33.4 Å². The molecule has 4 heteroatoms. The number of carbonyl (C=O) groups excluding carboxylic acids is 1. The van der Waals surface area contributed by atoms with Crippen LogP contribution in [0.1, 0.15) is 39.0 Å². The molecule has 0 unspecified atom stereocenters. The predicted molar refractivity (Wildman–Crippen MR) is 70.8 cm³/mol. The molecule has 100 valence electrons. The monoisotopic (exact) mass is 241 g/mol. The van der Waals surface area contributed by atoms with Crippen molar-refractivity contribution in [2.75, 3.05) is 27.2 Å². The molecular weight excluding hydrogens is 214 g/mol. The Morgan fingerprint density at radius 1 is 1.29 bits per heavy atom. The molecule has 2 N–H and O–H groups in total. The fraction of sp³-hybridized carbons (Fsp3) is 0.923. The first kappa shape index (κ1) is 14.5. The van der Waals surface area contributed by atoms with Crippen molar-refractivity contribution in [2.24, 2.45) is 5.73 Å². The van der Waals surface area contributed by atoms with Crippen LogP contribution in [-0.2, 0) is 4.79 Å². The van der Waals surface area contributed by atoms with Crippen molar-refractivity contribution in [3.8, 4) is 0 Å². The molecule has 0 heterocycles. The Labute approximate surface area is 105 Å². The summed E-state index contributed by atoms with van der Waals surface area (Å²) in [5.74, 6) is 0.140. The third-order valence-electron chi connectivity index (χ3n) is 3.59. The molecule has 0 saturated heterocycles. The molecule has 0 radical (unpaired) electrons. The van der Waals surface area contributed by atoms with Crippen LogP contribution in [0.25, 0.3) is 0 Å². The number of hydrogen-bond donors (Lipinski definition) is 1. The van der Waals surface area contributed by atoms with E-state index >= 15 is 0 Å². The second kappa shape index (κ2) is 6.97. The number of rotatable bonds is 6. The lowest BCUT2D eigenvalue weighted by molar-refractivity contribution is -0.135. The summed E-state index contributed by atoms with van der Waals surface area (Å²) in [5, 5.41) is 0. The third-order valence-corrected chi connectivity index (χ3v) is 3.59. The van der Waals surface area contributed by atoms with Crippen molar-refractivity contribution < 1.29 is 4.79 Å². The summed E-state index contributed by atoms with van der Waals surface area (Å²) in [7, 11) is 4.08. The van der Waals surface area contributed by atoms with Gasteiger partial charge in [0.15, 0.2) is 0 Å². The second-order valence-corrected chi connectivity index (χ2v) is 5.29. The van der Waals surface area contributed by atoms with Gasteiger partial charge in [0.1, 0.15) is 0 Å². The molecule has 17 heavy (non-hydrogen) atoms. The molecule has 0 aromatic heterocycles. The molecule has 1 aliphatic carbocycles. The number of likely N-dealkylation sites (N-methyl/N-ethyl adjacent to an activating group) is 1. The Morgan fingerprint density at radius 2 is 1.88 bits per heavy atom. The molecule has 0 bridgehead atoms. The van der Waals surface area contributed by atoms with E-state index in [1.54, 1.807) is 0 Å². The molecule has 0 aliphatic heterocycles. The van der Waals surface area contributed by atoms with Crippen molar-refractivity contribution in [3.63, 3.8) is 0 Å². The molecule has 0 aromatic rings. The van der Waals surface area contributed by atoms with Crippen molar-refractivity contribution >= 4 is 5.91 Å². The summed E-state index contributed by atoms with van der Waals surface area (Å²) in [5.41, 5.74) is 5.89. The smallest absolute Gasteiger partial charge is 0.239 e. The number of amides is 1. The van der Waals surface area contributed by atoms with Crippen LogP contribution in [0.4, 0.5) is 0 Å². The number of carbonyl (C=O) groups is 1. The Balaban J connectivity index is 2.60. The van der Waals surface area contributed by atoms with Crippen LogP contribution in [0.15, 0.2) is 0 Å². The highest BCUT2D eigenvalue weighted by atomic mass is 16.2. The highest BCUT2D eigenvalue weighted by Gasteiger charge is 2.28. The standard InChI is InChI=1S/C13H27N3O/c1-4-12(14)13(17)16(10-9-15(2)3)11-7-5-6-8-11/h11-12H,4-10,14H2,1-3H3/t12-/m0/s1. The zero-order valence-electron chi connectivity index (χ0n) is 11.5. The fourth-order valence-corrected chi connectivity index (χ4v) is 2.38. The zero-order chi connectivity index (χ0) is 12.8. The first-order chi connectivity index (χ1) is 8.06. The van der Waals surface area contributed by atoms with Crippen LogP contribution in [0.5, 0.6) is 0 Å². The van der Waals surface area contributed by atoms with Gasteiger partial charge in [0, 0.05) is 19.1 Å². The van der Waals surface area contributed by atoms with Gasteiger partial charge >= 0.3 is 0 Å². The minimum Gasteiger partial charge on any atom is -0.337 e. The van der Waals surface area contributed by atoms with Crippen molar-refractivity contribution in [3.05, 3.63) is 0 Å². The maximum atomic E-state index is 12.3. The quantitative estimate of drug-likeness (QED) is 0.756. The van der Waals surface area contributed by atoms with Gasteiger partial charge < -0.3 is 15.5 Å². The minimum atomic E-state index is -0.322. The lowest BCUT2D eigenvalue weighted by atomic mass is 10.1. The number of nitrogens with zero attached hydrogens (tertiary/aromatic N) is 2. The van der Waals surface area contributed by atoms with E-state index in [9.17, 15) is 4.79 Å². The molecule has 1 aliphatic rings. The van der Waals surface area contributed by atoms with Crippen LogP contribution < -0.4 is 5.73 Å². The molecule has 1 fully saturated rings. The molecule has 4 nitrogen and oxygen atoms in total. The van der Waals surface area contributed by atoms with Gasteiger partial charge in [0.25, 0.3) is 0 Å². The van der Waals surface area contributed by atoms with E-state index in [4.69, 9.17) is 5.73 Å². The van der Waals surface area contributed by atoms with Gasteiger partial charge in [-0.15, -0.1) is 0 Å². The summed E-state index contributed by atoms with van der Waals surface area (Å²) in [6.45, 7) is 3.70. The summed E-state index contributed by atoms with van der Waals surface area (Å²) < 4.78 is 0. The first-order valence-corrected chi connectivity index (χ1v) is 6.77. The summed E-state index contributed by atoms with van der Waals surface area (Å²) in [6, 6.07) is 0.109. The van der Waals surface area contributed by atoms with E-state index in [0.717, 1.165) is 32.4 Å². The van der Waals surface area contributed by atoms with Crippen LogP contribution in [0.2, 0.25) is 0 Å². The number of nitrogens with two attached hydrogens (primary N) is 1. The SMILES string of the molecule is CC[C@H](N)C(=O)N(CCN(C)C)C1CCCC1. The van der Waals surface area contributed by atoms with Crippen molar-refractivity contribution in [1.29, 1.82) is 0 Å². The molecule has 1 saturated carbocycles. The Bertz CT molecular complexity index is 237. The van der Waals surface area contributed by atoms with E-state index in [0.29, 0.717) is 6.04 Å². The largest absolute Gasteiger partial charge is 0.337 e. The number of hydrogen-bond acceptors (Lipinski definition) is 3. The van der Waals surface area contributed by atoms with E-state index < -0.39 is 0 Å². The van der Waals surface area contributed by atoms with E-state index in [2.05, 4.69) is 4.90 Å². The van der Waals surface area contributed by atoms with Gasteiger partial charge in [0.05, 0.1) is 6.04 Å². The molecule has 0 spiro atoms.